The Bertz CT molecular complexity index is 162. The highest BCUT2D eigenvalue weighted by Gasteiger charge is 2.38. The summed E-state index contributed by atoms with van der Waals surface area (Å²) in [4.78, 5) is 11.5. The van der Waals surface area contributed by atoms with Gasteiger partial charge in [-0.1, -0.05) is 26.2 Å². The molecule has 0 aliphatic heterocycles. The summed E-state index contributed by atoms with van der Waals surface area (Å²) in [5, 5.41) is 0. The second-order valence-corrected chi connectivity index (χ2v) is 3.69. The van der Waals surface area contributed by atoms with E-state index in [1.807, 2.05) is 0 Å². The number of methoxy groups -OCH3 is 1. The van der Waals surface area contributed by atoms with Crippen molar-refractivity contribution in [3.63, 3.8) is 0 Å². The van der Waals surface area contributed by atoms with Gasteiger partial charge in [0.15, 0.2) is 0 Å². The van der Waals surface area contributed by atoms with E-state index in [1.165, 1.54) is 26.4 Å². The van der Waals surface area contributed by atoms with Crippen molar-refractivity contribution in [3.05, 3.63) is 0 Å². The van der Waals surface area contributed by atoms with E-state index in [2.05, 4.69) is 6.92 Å². The van der Waals surface area contributed by atoms with E-state index in [1.54, 1.807) is 0 Å². The normalized spacial score (nSPS) is 20.2. The predicted molar refractivity (Wildman–Crippen MR) is 55.1 cm³/mol. The second-order valence-electron chi connectivity index (χ2n) is 3.69. The molecule has 1 aliphatic rings. The van der Waals surface area contributed by atoms with Gasteiger partial charge in [-0.05, 0) is 19.3 Å². The molecule has 0 aromatic heterocycles. The van der Waals surface area contributed by atoms with E-state index in [0.29, 0.717) is 0 Å². The molecular weight excluding hydrogens is 188 g/mol. The lowest BCUT2D eigenvalue weighted by atomic mass is 9.72. The molecule has 0 atom stereocenters. The van der Waals surface area contributed by atoms with E-state index in [4.69, 9.17) is 4.74 Å². The lowest BCUT2D eigenvalue weighted by Crippen LogP contribution is -2.33. The van der Waals surface area contributed by atoms with Gasteiger partial charge in [0.05, 0.1) is 12.5 Å². The Morgan fingerprint density at radius 3 is 2.23 bits per heavy atom. The zero-order valence-corrected chi connectivity index (χ0v) is 9.28. The van der Waals surface area contributed by atoms with Gasteiger partial charge in [-0.3, -0.25) is 4.79 Å². The Hall–Kier alpha value is -0.240. The van der Waals surface area contributed by atoms with Crippen LogP contribution in [0.1, 0.15) is 45.4 Å². The first-order valence-corrected chi connectivity index (χ1v) is 4.83. The van der Waals surface area contributed by atoms with Gasteiger partial charge in [-0.25, -0.2) is 0 Å². The van der Waals surface area contributed by atoms with Gasteiger partial charge < -0.3 is 4.74 Å². The Balaban J connectivity index is 0.00000144. The zero-order valence-electron chi connectivity index (χ0n) is 8.47. The number of rotatable bonds is 2. The van der Waals surface area contributed by atoms with E-state index < -0.39 is 0 Å². The summed E-state index contributed by atoms with van der Waals surface area (Å²) in [7, 11) is 1.49. The third-order valence-electron chi connectivity index (χ3n) is 3.11. The summed E-state index contributed by atoms with van der Waals surface area (Å²) in [6.45, 7) is 2.09. The van der Waals surface area contributed by atoms with Crippen LogP contribution in [0, 0.1) is 5.41 Å². The van der Waals surface area contributed by atoms with Gasteiger partial charge in [0, 0.05) is 0 Å². The minimum atomic E-state index is -0.132. The smallest absolute Gasteiger partial charge is 0.311 e. The van der Waals surface area contributed by atoms with Crippen molar-refractivity contribution in [2.75, 3.05) is 7.11 Å². The zero-order chi connectivity index (χ0) is 9.03. The Kier molecular flexibility index (Phi) is 5.38. The molecule has 0 N–H and O–H groups in total. The van der Waals surface area contributed by atoms with Crippen LogP contribution in [-0.4, -0.2) is 13.1 Å². The highest BCUT2D eigenvalue weighted by Crippen LogP contribution is 2.39. The van der Waals surface area contributed by atoms with Crippen LogP contribution in [-0.2, 0) is 9.53 Å². The number of esters is 1. The first-order valence-electron chi connectivity index (χ1n) is 4.83. The van der Waals surface area contributed by atoms with E-state index in [9.17, 15) is 4.79 Å². The standard InChI is InChI=1S/C10H18O2.ClH/c1-3-10(9(11)12-2)7-5-4-6-8-10;/h3-8H2,1-2H3;1H. The fourth-order valence-electron chi connectivity index (χ4n) is 2.15. The van der Waals surface area contributed by atoms with Crippen LogP contribution in [0.25, 0.3) is 0 Å². The maximum Gasteiger partial charge on any atom is 0.311 e. The van der Waals surface area contributed by atoms with Crippen molar-refractivity contribution < 1.29 is 9.53 Å². The van der Waals surface area contributed by atoms with E-state index in [0.717, 1.165) is 19.3 Å². The Morgan fingerprint density at radius 2 is 1.85 bits per heavy atom. The van der Waals surface area contributed by atoms with Crippen molar-refractivity contribution in [2.24, 2.45) is 5.41 Å². The van der Waals surface area contributed by atoms with Crippen molar-refractivity contribution in [1.29, 1.82) is 0 Å². The number of ether oxygens (including phenoxy) is 1. The number of hydrogen-bond donors (Lipinski definition) is 0. The topological polar surface area (TPSA) is 26.3 Å². The summed E-state index contributed by atoms with van der Waals surface area (Å²) in [6.07, 6.45) is 6.62. The van der Waals surface area contributed by atoms with Crippen LogP contribution in [0.3, 0.4) is 0 Å². The van der Waals surface area contributed by atoms with E-state index in [-0.39, 0.29) is 23.8 Å². The molecule has 2 nitrogen and oxygen atoms in total. The second kappa shape index (κ2) is 5.48. The fourth-order valence-corrected chi connectivity index (χ4v) is 2.15. The SMILES string of the molecule is CCC1(C(=O)OC)CCCCC1.Cl. The number of carbonyl (C=O) groups is 1. The summed E-state index contributed by atoms with van der Waals surface area (Å²) >= 11 is 0. The summed E-state index contributed by atoms with van der Waals surface area (Å²) < 4.78 is 4.85. The molecule has 3 heteroatoms. The lowest BCUT2D eigenvalue weighted by molar-refractivity contribution is -0.155. The van der Waals surface area contributed by atoms with Crippen LogP contribution >= 0.6 is 12.4 Å². The number of halogens is 1. The number of hydrogen-bond acceptors (Lipinski definition) is 2. The number of carbonyl (C=O) groups excluding carboxylic acids is 1. The van der Waals surface area contributed by atoms with Crippen molar-refractivity contribution >= 4 is 18.4 Å². The highest BCUT2D eigenvalue weighted by atomic mass is 35.5. The largest absolute Gasteiger partial charge is 0.469 e. The molecule has 0 heterocycles. The quantitative estimate of drug-likeness (QED) is 0.650. The molecule has 0 saturated heterocycles. The molecule has 1 saturated carbocycles. The molecular formula is C10H19ClO2. The molecule has 1 aliphatic carbocycles. The molecule has 78 valence electrons. The fraction of sp³-hybridized carbons (Fsp3) is 0.900. The van der Waals surface area contributed by atoms with Gasteiger partial charge >= 0.3 is 5.97 Å². The molecule has 0 unspecified atom stereocenters. The van der Waals surface area contributed by atoms with Gasteiger partial charge in [-0.2, -0.15) is 0 Å². The van der Waals surface area contributed by atoms with Crippen LogP contribution in [0.5, 0.6) is 0 Å². The molecule has 0 bridgehead atoms. The highest BCUT2D eigenvalue weighted by molar-refractivity contribution is 5.85. The minimum Gasteiger partial charge on any atom is -0.469 e. The predicted octanol–water partition coefficient (Wildman–Crippen LogP) is 2.94. The van der Waals surface area contributed by atoms with E-state index >= 15 is 0 Å². The average Bonchev–Trinajstić information content (AvgIpc) is 2.17. The van der Waals surface area contributed by atoms with Gasteiger partial charge in [0.25, 0.3) is 0 Å². The lowest BCUT2D eigenvalue weighted by Gasteiger charge is -2.33. The van der Waals surface area contributed by atoms with Gasteiger partial charge in [0.1, 0.15) is 0 Å². The average molecular weight is 207 g/mol. The molecule has 0 amide bonds. The van der Waals surface area contributed by atoms with Crippen LogP contribution < -0.4 is 0 Å². The third kappa shape index (κ3) is 2.60. The third-order valence-corrected chi connectivity index (χ3v) is 3.11. The monoisotopic (exact) mass is 206 g/mol. The maximum atomic E-state index is 11.5. The van der Waals surface area contributed by atoms with Crippen LogP contribution in [0.2, 0.25) is 0 Å². The molecule has 0 radical (unpaired) electrons. The van der Waals surface area contributed by atoms with Gasteiger partial charge in [0.2, 0.25) is 0 Å². The summed E-state index contributed by atoms with van der Waals surface area (Å²) in [6, 6.07) is 0. The molecule has 1 fully saturated rings. The van der Waals surface area contributed by atoms with Crippen LogP contribution in [0.15, 0.2) is 0 Å². The molecule has 0 aromatic rings. The summed E-state index contributed by atoms with van der Waals surface area (Å²) in [5.41, 5.74) is -0.132. The van der Waals surface area contributed by atoms with Gasteiger partial charge in [-0.15, -0.1) is 12.4 Å². The van der Waals surface area contributed by atoms with Crippen molar-refractivity contribution in [1.82, 2.24) is 0 Å². The Labute approximate surface area is 86.4 Å². The molecule has 0 spiro atoms. The Morgan fingerprint density at radius 1 is 1.31 bits per heavy atom. The first kappa shape index (κ1) is 12.8. The molecule has 0 aromatic carbocycles. The minimum absolute atomic E-state index is 0. The molecule has 1 rings (SSSR count). The van der Waals surface area contributed by atoms with Crippen molar-refractivity contribution in [2.45, 2.75) is 45.4 Å². The maximum absolute atomic E-state index is 11.5. The first-order chi connectivity index (χ1) is 5.75. The summed E-state index contributed by atoms with van der Waals surface area (Å²) in [5.74, 6) is 0.00435. The van der Waals surface area contributed by atoms with Crippen LogP contribution in [0.4, 0.5) is 0 Å². The van der Waals surface area contributed by atoms with Crippen molar-refractivity contribution in [3.8, 4) is 0 Å². The molecule has 13 heavy (non-hydrogen) atoms.